The third-order valence-corrected chi connectivity index (χ3v) is 7.89. The van der Waals surface area contributed by atoms with E-state index in [0.717, 1.165) is 77.0 Å². The lowest BCUT2D eigenvalue weighted by atomic mass is 10.1. The molecule has 0 aliphatic rings. The standard InChI is InChI=1S/C49H72N2O4/c1-3-5-7-9-11-13-15-17-19-21-23-25-27-29-31-33-35-37-39-43-47(52)50-45-41-42-46(49(54)55)51-48(53)44-40-38-36-34-32-30-28-26-24-22-20-18-16-14-12-10-8-6-4-2/h5-8,11-14,17-20,23-26,29-32,35-38,46H,3-4,9-10,15-16,21-22,27-28,33-34,39-45H2,1-2H3,(H,50,52)(H,51,53)(H,54,55)/b7-5-,8-6-,13-11-,14-12-,19-17-,20-18-,25-23-,26-24-,31-29-,32-30-,37-35-,38-36-/t46-/m0/s1. The van der Waals surface area contributed by atoms with Crippen LogP contribution < -0.4 is 10.6 Å². The highest BCUT2D eigenvalue weighted by molar-refractivity contribution is 5.83. The van der Waals surface area contributed by atoms with Crippen LogP contribution >= 0.6 is 0 Å². The molecule has 0 unspecified atom stereocenters. The molecule has 6 heteroatoms. The first-order valence-corrected chi connectivity index (χ1v) is 20.6. The third-order valence-electron chi connectivity index (χ3n) is 7.89. The predicted octanol–water partition coefficient (Wildman–Crippen LogP) is 12.4. The summed E-state index contributed by atoms with van der Waals surface area (Å²) >= 11 is 0. The van der Waals surface area contributed by atoms with Crippen molar-refractivity contribution >= 4 is 17.8 Å². The van der Waals surface area contributed by atoms with E-state index >= 15 is 0 Å². The maximum absolute atomic E-state index is 12.3. The van der Waals surface area contributed by atoms with Gasteiger partial charge in [-0.2, -0.15) is 0 Å². The van der Waals surface area contributed by atoms with Crippen molar-refractivity contribution < 1.29 is 19.5 Å². The second kappa shape index (κ2) is 42.0. The minimum atomic E-state index is -1.06. The molecule has 6 nitrogen and oxygen atoms in total. The van der Waals surface area contributed by atoms with Gasteiger partial charge in [-0.25, -0.2) is 4.79 Å². The quantitative estimate of drug-likeness (QED) is 0.0450. The monoisotopic (exact) mass is 753 g/mol. The van der Waals surface area contributed by atoms with Gasteiger partial charge in [0.25, 0.3) is 0 Å². The molecule has 2 amide bonds. The van der Waals surface area contributed by atoms with Gasteiger partial charge < -0.3 is 15.7 Å². The first kappa shape index (κ1) is 50.3. The van der Waals surface area contributed by atoms with Crippen molar-refractivity contribution in [1.29, 1.82) is 0 Å². The van der Waals surface area contributed by atoms with Crippen LogP contribution in [0.25, 0.3) is 0 Å². The Balaban J connectivity index is 3.93. The molecule has 302 valence electrons. The summed E-state index contributed by atoms with van der Waals surface area (Å²) in [4.78, 5) is 36.1. The molecule has 0 spiro atoms. The number of carboxylic acids is 1. The van der Waals surface area contributed by atoms with E-state index in [9.17, 15) is 19.5 Å². The Hall–Kier alpha value is -4.71. The number of amides is 2. The number of nitrogens with one attached hydrogen (secondary N) is 2. The second-order valence-corrected chi connectivity index (χ2v) is 12.9. The summed E-state index contributed by atoms with van der Waals surface area (Å²) in [7, 11) is 0. The molecule has 0 aromatic carbocycles. The zero-order valence-corrected chi connectivity index (χ0v) is 34.0. The van der Waals surface area contributed by atoms with Gasteiger partial charge in [-0.3, -0.25) is 9.59 Å². The predicted molar refractivity (Wildman–Crippen MR) is 237 cm³/mol. The van der Waals surface area contributed by atoms with E-state index < -0.39 is 12.0 Å². The SMILES string of the molecule is CC/C=C\C/C=C\C/C=C\C/C=C\C/C=C\C/C=C\CCC(=O)NCCC[C@H](NC(=O)CC/C=C\C/C=C\C/C=C\C/C=C\C/C=C\C/C=C\CC)C(=O)O. The minimum Gasteiger partial charge on any atom is -0.480 e. The van der Waals surface area contributed by atoms with Crippen molar-refractivity contribution in [3.63, 3.8) is 0 Å². The summed E-state index contributed by atoms with van der Waals surface area (Å²) < 4.78 is 0. The van der Waals surface area contributed by atoms with Gasteiger partial charge in [-0.15, -0.1) is 0 Å². The molecule has 1 atom stereocenters. The average molecular weight is 753 g/mol. The molecule has 0 bridgehead atoms. The molecular weight excluding hydrogens is 681 g/mol. The Morgan fingerprint density at radius 1 is 0.436 bits per heavy atom. The van der Waals surface area contributed by atoms with E-state index in [-0.39, 0.29) is 24.7 Å². The van der Waals surface area contributed by atoms with Crippen LogP contribution in [0.1, 0.15) is 129 Å². The maximum atomic E-state index is 12.3. The molecule has 0 aliphatic heterocycles. The first-order chi connectivity index (χ1) is 27.0. The Labute approximate surface area is 334 Å². The molecule has 0 saturated heterocycles. The number of carboxylic acid groups (broad SMARTS) is 1. The van der Waals surface area contributed by atoms with Crippen LogP contribution in [0.2, 0.25) is 0 Å². The summed E-state index contributed by atoms with van der Waals surface area (Å²) in [5, 5.41) is 15.0. The molecule has 3 N–H and O–H groups in total. The van der Waals surface area contributed by atoms with E-state index in [1.54, 1.807) is 0 Å². The van der Waals surface area contributed by atoms with E-state index in [1.807, 2.05) is 18.2 Å². The van der Waals surface area contributed by atoms with Gasteiger partial charge in [-0.1, -0.05) is 160 Å². The zero-order valence-electron chi connectivity index (χ0n) is 34.0. The highest BCUT2D eigenvalue weighted by atomic mass is 16.4. The van der Waals surface area contributed by atoms with Crippen LogP contribution in [-0.2, 0) is 14.4 Å². The highest BCUT2D eigenvalue weighted by Gasteiger charge is 2.19. The summed E-state index contributed by atoms with van der Waals surface area (Å²) in [6.45, 7) is 4.66. The highest BCUT2D eigenvalue weighted by Crippen LogP contribution is 2.03. The fraction of sp³-hybridized carbons (Fsp3) is 0.449. The number of hydrogen-bond donors (Lipinski definition) is 3. The molecule has 0 aliphatic carbocycles. The summed E-state index contributed by atoms with van der Waals surface area (Å²) in [5.74, 6) is -1.41. The number of rotatable bonds is 34. The Morgan fingerprint density at radius 3 is 1.04 bits per heavy atom. The lowest BCUT2D eigenvalue weighted by Gasteiger charge is -2.14. The van der Waals surface area contributed by atoms with Gasteiger partial charge >= 0.3 is 5.97 Å². The number of aliphatic carboxylic acids is 1. The van der Waals surface area contributed by atoms with E-state index in [0.29, 0.717) is 32.2 Å². The Morgan fingerprint density at radius 2 is 0.727 bits per heavy atom. The van der Waals surface area contributed by atoms with Crippen LogP contribution in [-0.4, -0.2) is 35.5 Å². The number of hydrogen-bond acceptors (Lipinski definition) is 3. The van der Waals surface area contributed by atoms with Crippen LogP contribution in [0.3, 0.4) is 0 Å². The van der Waals surface area contributed by atoms with Gasteiger partial charge in [0.15, 0.2) is 0 Å². The Kier molecular flexibility index (Phi) is 38.4. The summed E-state index contributed by atoms with van der Waals surface area (Å²) in [6.07, 6.45) is 65.5. The molecule has 0 aromatic heterocycles. The van der Waals surface area contributed by atoms with E-state index in [1.165, 1.54) is 0 Å². The molecule has 0 saturated carbocycles. The van der Waals surface area contributed by atoms with Crippen LogP contribution in [0, 0.1) is 0 Å². The maximum Gasteiger partial charge on any atom is 0.326 e. The van der Waals surface area contributed by atoms with Crippen LogP contribution in [0.4, 0.5) is 0 Å². The normalized spacial score (nSPS) is 13.6. The van der Waals surface area contributed by atoms with Crippen molar-refractivity contribution in [2.24, 2.45) is 0 Å². The summed E-state index contributed by atoms with van der Waals surface area (Å²) in [6, 6.07) is -0.964. The van der Waals surface area contributed by atoms with Gasteiger partial charge in [-0.05, 0) is 103 Å². The molecule has 0 fully saturated rings. The van der Waals surface area contributed by atoms with Gasteiger partial charge in [0.1, 0.15) is 6.04 Å². The van der Waals surface area contributed by atoms with Crippen molar-refractivity contribution in [2.45, 2.75) is 135 Å². The first-order valence-electron chi connectivity index (χ1n) is 20.6. The topological polar surface area (TPSA) is 95.5 Å². The molecule has 0 aromatic rings. The second-order valence-electron chi connectivity index (χ2n) is 12.9. The zero-order chi connectivity index (χ0) is 40.1. The summed E-state index contributed by atoms with van der Waals surface area (Å²) in [5.41, 5.74) is 0. The minimum absolute atomic E-state index is 0.0631. The number of allylic oxidation sites excluding steroid dienone is 24. The van der Waals surface area contributed by atoms with Crippen LogP contribution in [0.15, 0.2) is 146 Å². The molecule has 55 heavy (non-hydrogen) atoms. The number of carbonyl (C=O) groups excluding carboxylic acids is 2. The lowest BCUT2D eigenvalue weighted by molar-refractivity contribution is -0.142. The van der Waals surface area contributed by atoms with Gasteiger partial charge in [0.05, 0.1) is 0 Å². The van der Waals surface area contributed by atoms with Crippen molar-refractivity contribution in [1.82, 2.24) is 10.6 Å². The third kappa shape index (κ3) is 40.3. The van der Waals surface area contributed by atoms with Crippen molar-refractivity contribution in [3.05, 3.63) is 146 Å². The molecule has 0 radical (unpaired) electrons. The van der Waals surface area contributed by atoms with Crippen molar-refractivity contribution in [3.8, 4) is 0 Å². The molecule has 0 heterocycles. The largest absolute Gasteiger partial charge is 0.480 e. The van der Waals surface area contributed by atoms with Gasteiger partial charge in [0, 0.05) is 19.4 Å². The van der Waals surface area contributed by atoms with E-state index in [2.05, 4.69) is 152 Å². The molecular formula is C49H72N2O4. The lowest BCUT2D eigenvalue weighted by Crippen LogP contribution is -2.41. The smallest absolute Gasteiger partial charge is 0.326 e. The van der Waals surface area contributed by atoms with Gasteiger partial charge in [0.2, 0.25) is 11.8 Å². The van der Waals surface area contributed by atoms with Crippen molar-refractivity contribution in [2.75, 3.05) is 6.54 Å². The van der Waals surface area contributed by atoms with Crippen LogP contribution in [0.5, 0.6) is 0 Å². The molecule has 0 rings (SSSR count). The fourth-order valence-electron chi connectivity index (χ4n) is 4.85. The number of carbonyl (C=O) groups is 3. The Bertz CT molecular complexity index is 1330. The van der Waals surface area contributed by atoms with E-state index in [4.69, 9.17) is 0 Å². The fourth-order valence-corrected chi connectivity index (χ4v) is 4.85. The average Bonchev–Trinajstić information content (AvgIpc) is 3.17.